The molecule has 0 bridgehead atoms. The largest absolute Gasteiger partial charge is 0.325 e. The van der Waals surface area contributed by atoms with Crippen LogP contribution in [0.15, 0.2) is 24.5 Å². The number of nitrogens with one attached hydrogen (secondary N) is 1. The summed E-state index contributed by atoms with van der Waals surface area (Å²) in [6.07, 6.45) is 4.06. The third kappa shape index (κ3) is 2.84. The Balaban J connectivity index is 1.97. The van der Waals surface area contributed by atoms with Crippen molar-refractivity contribution in [1.82, 2.24) is 19.9 Å². The van der Waals surface area contributed by atoms with Gasteiger partial charge in [0.05, 0.1) is 12.2 Å². The summed E-state index contributed by atoms with van der Waals surface area (Å²) < 4.78 is 2.21. The lowest BCUT2D eigenvalue weighted by atomic mass is 10.2. The van der Waals surface area contributed by atoms with Crippen LogP contribution in [0.2, 0.25) is 0 Å². The van der Waals surface area contributed by atoms with Gasteiger partial charge in [-0.05, 0) is 38.1 Å². The molecule has 3 rings (SSSR count). The Kier molecular flexibility index (Phi) is 4.03. The number of aryl methyl sites for hydroxylation is 2. The maximum atomic E-state index is 4.64. The highest BCUT2D eigenvalue weighted by Gasteiger charge is 2.11. The highest BCUT2D eigenvalue weighted by Crippen LogP contribution is 2.23. The molecule has 0 amide bonds. The van der Waals surface area contributed by atoms with Gasteiger partial charge in [-0.15, -0.1) is 11.3 Å². The van der Waals surface area contributed by atoms with Gasteiger partial charge in [-0.1, -0.05) is 6.92 Å². The Morgan fingerprint density at radius 1 is 1.33 bits per heavy atom. The quantitative estimate of drug-likeness (QED) is 0.786. The van der Waals surface area contributed by atoms with E-state index in [0.29, 0.717) is 0 Å². The Morgan fingerprint density at radius 2 is 2.19 bits per heavy atom. The molecule has 1 N–H and O–H groups in total. The van der Waals surface area contributed by atoms with Gasteiger partial charge in [0.1, 0.15) is 10.7 Å². The van der Waals surface area contributed by atoms with Crippen molar-refractivity contribution in [3.05, 3.63) is 45.7 Å². The average molecular weight is 300 g/mol. The molecular formula is C16H20N4S. The summed E-state index contributed by atoms with van der Waals surface area (Å²) in [6.45, 7) is 8.95. The van der Waals surface area contributed by atoms with Gasteiger partial charge in [0.25, 0.3) is 0 Å². The van der Waals surface area contributed by atoms with E-state index in [9.17, 15) is 0 Å². The van der Waals surface area contributed by atoms with Crippen LogP contribution in [-0.2, 0) is 13.1 Å². The van der Waals surface area contributed by atoms with Crippen LogP contribution < -0.4 is 5.32 Å². The molecule has 0 radical (unpaired) electrons. The van der Waals surface area contributed by atoms with E-state index in [1.807, 2.05) is 12.3 Å². The van der Waals surface area contributed by atoms with E-state index < -0.39 is 0 Å². The van der Waals surface area contributed by atoms with Gasteiger partial charge in [-0.3, -0.25) is 0 Å². The fourth-order valence-electron chi connectivity index (χ4n) is 2.47. The van der Waals surface area contributed by atoms with Gasteiger partial charge < -0.3 is 9.88 Å². The molecule has 0 aliphatic rings. The molecular weight excluding hydrogens is 280 g/mol. The van der Waals surface area contributed by atoms with Crippen LogP contribution in [0.1, 0.15) is 28.1 Å². The summed E-state index contributed by atoms with van der Waals surface area (Å²) in [5.41, 5.74) is 3.47. The zero-order valence-corrected chi connectivity index (χ0v) is 13.5. The molecule has 3 aromatic heterocycles. The zero-order chi connectivity index (χ0) is 14.8. The number of nitrogens with zero attached hydrogens (tertiary/aromatic N) is 3. The molecule has 0 saturated carbocycles. The monoisotopic (exact) mass is 300 g/mol. The van der Waals surface area contributed by atoms with Crippen molar-refractivity contribution in [3.63, 3.8) is 0 Å². The van der Waals surface area contributed by atoms with E-state index >= 15 is 0 Å². The molecule has 110 valence electrons. The summed E-state index contributed by atoms with van der Waals surface area (Å²) in [7, 11) is 0. The molecule has 3 aromatic rings. The van der Waals surface area contributed by atoms with Gasteiger partial charge in [-0.25, -0.2) is 9.97 Å². The van der Waals surface area contributed by atoms with Crippen LogP contribution in [0.25, 0.3) is 11.0 Å². The topological polar surface area (TPSA) is 42.7 Å². The fraction of sp³-hybridized carbons (Fsp3) is 0.375. The minimum Gasteiger partial charge on any atom is -0.325 e. The highest BCUT2D eigenvalue weighted by atomic mass is 32.1. The molecule has 5 heteroatoms. The predicted octanol–water partition coefficient (Wildman–Crippen LogP) is 3.27. The van der Waals surface area contributed by atoms with E-state index in [-0.39, 0.29) is 0 Å². The minimum absolute atomic E-state index is 0.791. The number of rotatable bonds is 5. The Morgan fingerprint density at radius 3 is 2.90 bits per heavy atom. The van der Waals surface area contributed by atoms with Crippen LogP contribution >= 0.6 is 11.3 Å². The van der Waals surface area contributed by atoms with Crippen LogP contribution in [-0.4, -0.2) is 21.1 Å². The molecule has 21 heavy (non-hydrogen) atoms. The van der Waals surface area contributed by atoms with Crippen molar-refractivity contribution >= 4 is 22.4 Å². The second kappa shape index (κ2) is 5.95. The first-order valence-corrected chi connectivity index (χ1v) is 8.07. The molecule has 0 saturated heterocycles. The third-order valence-electron chi connectivity index (χ3n) is 3.66. The molecule has 0 fully saturated rings. The molecule has 3 heterocycles. The van der Waals surface area contributed by atoms with Crippen LogP contribution in [0, 0.1) is 13.8 Å². The number of pyridine rings is 1. The number of fused-ring (bicyclic) bond motifs is 1. The van der Waals surface area contributed by atoms with E-state index in [2.05, 4.69) is 52.9 Å². The van der Waals surface area contributed by atoms with E-state index in [1.165, 1.54) is 15.8 Å². The summed E-state index contributed by atoms with van der Waals surface area (Å²) in [5.74, 6) is 0. The van der Waals surface area contributed by atoms with Crippen molar-refractivity contribution < 1.29 is 0 Å². The van der Waals surface area contributed by atoms with Gasteiger partial charge >= 0.3 is 0 Å². The van der Waals surface area contributed by atoms with Crippen molar-refractivity contribution in [2.75, 3.05) is 6.54 Å². The molecule has 4 nitrogen and oxygen atoms in total. The minimum atomic E-state index is 0.791. The molecule has 0 atom stereocenters. The standard InChI is InChI=1S/C16H20N4S/c1-4-17-8-13-9-20(16-14(13)6-5-7-18-16)10-15-19-11(2)12(3)21-15/h5-7,9,17H,4,8,10H2,1-3H3. The molecule has 0 unspecified atom stereocenters. The van der Waals surface area contributed by atoms with Gasteiger partial charge in [0, 0.05) is 29.2 Å². The van der Waals surface area contributed by atoms with Crippen molar-refractivity contribution in [3.8, 4) is 0 Å². The van der Waals surface area contributed by atoms with Crippen molar-refractivity contribution in [2.24, 2.45) is 0 Å². The van der Waals surface area contributed by atoms with Crippen LogP contribution in [0.4, 0.5) is 0 Å². The van der Waals surface area contributed by atoms with Crippen LogP contribution in [0.5, 0.6) is 0 Å². The maximum Gasteiger partial charge on any atom is 0.140 e. The number of hydrogen-bond acceptors (Lipinski definition) is 4. The lowest BCUT2D eigenvalue weighted by Gasteiger charge is -2.00. The van der Waals surface area contributed by atoms with E-state index in [1.54, 1.807) is 11.3 Å². The molecule has 0 aliphatic heterocycles. The summed E-state index contributed by atoms with van der Waals surface area (Å²) in [5, 5.41) is 5.76. The molecule has 0 aromatic carbocycles. The summed E-state index contributed by atoms with van der Waals surface area (Å²) in [6, 6.07) is 4.14. The van der Waals surface area contributed by atoms with Crippen molar-refractivity contribution in [1.29, 1.82) is 0 Å². The smallest absolute Gasteiger partial charge is 0.140 e. The van der Waals surface area contributed by atoms with E-state index in [4.69, 9.17) is 0 Å². The lowest BCUT2D eigenvalue weighted by molar-refractivity contribution is 0.723. The van der Waals surface area contributed by atoms with Gasteiger partial charge in [-0.2, -0.15) is 0 Å². The van der Waals surface area contributed by atoms with Crippen molar-refractivity contribution in [2.45, 2.75) is 33.9 Å². The SMILES string of the molecule is CCNCc1cn(Cc2nc(C)c(C)s2)c2ncccc12. The zero-order valence-electron chi connectivity index (χ0n) is 12.7. The Labute approximate surface area is 128 Å². The van der Waals surface area contributed by atoms with Gasteiger partial charge in [0.15, 0.2) is 0 Å². The second-order valence-corrected chi connectivity index (χ2v) is 6.47. The molecule has 0 aliphatic carbocycles. The normalized spacial score (nSPS) is 11.4. The first-order chi connectivity index (χ1) is 10.2. The first kappa shape index (κ1) is 14.2. The summed E-state index contributed by atoms with van der Waals surface area (Å²) in [4.78, 5) is 10.5. The highest BCUT2D eigenvalue weighted by molar-refractivity contribution is 7.11. The Bertz CT molecular complexity index is 737. The first-order valence-electron chi connectivity index (χ1n) is 7.25. The van der Waals surface area contributed by atoms with E-state index in [0.717, 1.165) is 36.0 Å². The fourth-order valence-corrected chi connectivity index (χ4v) is 3.40. The second-order valence-electron chi connectivity index (χ2n) is 5.19. The van der Waals surface area contributed by atoms with Crippen LogP contribution in [0.3, 0.4) is 0 Å². The molecule has 0 spiro atoms. The van der Waals surface area contributed by atoms with Gasteiger partial charge in [0.2, 0.25) is 0 Å². The number of hydrogen-bond donors (Lipinski definition) is 1. The summed E-state index contributed by atoms with van der Waals surface area (Å²) >= 11 is 1.77. The third-order valence-corrected chi connectivity index (χ3v) is 4.72. The Hall–Kier alpha value is -1.72. The number of aromatic nitrogens is 3. The number of thiazole rings is 1. The maximum absolute atomic E-state index is 4.64. The average Bonchev–Trinajstić information content (AvgIpc) is 2.98. The predicted molar refractivity (Wildman–Crippen MR) is 87.8 cm³/mol. The lowest BCUT2D eigenvalue weighted by Crippen LogP contribution is -2.11.